The number of carbonyl (C=O) groups is 1. The van der Waals surface area contributed by atoms with Crippen LogP contribution < -0.4 is 10.6 Å². The van der Waals surface area contributed by atoms with Crippen molar-refractivity contribution in [2.24, 2.45) is 11.7 Å². The molecule has 1 aliphatic heterocycles. The summed E-state index contributed by atoms with van der Waals surface area (Å²) in [6, 6.07) is 6.07. The van der Waals surface area contributed by atoms with Gasteiger partial charge in [-0.1, -0.05) is 20.3 Å². The molecule has 0 aliphatic carbocycles. The minimum absolute atomic E-state index is 0.0445. The molecule has 1 fully saturated rings. The number of halogens is 1. The van der Waals surface area contributed by atoms with E-state index in [0.717, 1.165) is 25.2 Å². The predicted molar refractivity (Wildman–Crippen MR) is 82.6 cm³/mol. The summed E-state index contributed by atoms with van der Waals surface area (Å²) < 4.78 is 12.9. The molecule has 1 heterocycles. The standard InChI is InChI=1S/C16H24FN3O/c1-3-12(2)15(18)16(21)20-10-8-19(9-11-20)14-6-4-13(17)5-7-14/h4-7,12,15H,3,8-11,18H2,1-2H3/t12-,15-/m0/s1. The molecule has 5 heteroatoms. The molecule has 1 aliphatic rings. The molecule has 116 valence electrons. The molecule has 1 aromatic carbocycles. The van der Waals surface area contributed by atoms with Gasteiger partial charge in [0, 0.05) is 31.9 Å². The van der Waals surface area contributed by atoms with E-state index in [1.54, 1.807) is 12.1 Å². The number of piperazine rings is 1. The number of nitrogens with two attached hydrogens (primary N) is 1. The molecule has 4 nitrogen and oxygen atoms in total. The highest BCUT2D eigenvalue weighted by molar-refractivity contribution is 5.82. The van der Waals surface area contributed by atoms with Crippen LogP contribution >= 0.6 is 0 Å². The van der Waals surface area contributed by atoms with Gasteiger partial charge in [-0.15, -0.1) is 0 Å². The highest BCUT2D eigenvalue weighted by atomic mass is 19.1. The van der Waals surface area contributed by atoms with E-state index >= 15 is 0 Å². The lowest BCUT2D eigenvalue weighted by molar-refractivity contribution is -0.134. The Labute approximate surface area is 125 Å². The van der Waals surface area contributed by atoms with Crippen molar-refractivity contribution in [2.75, 3.05) is 31.1 Å². The van der Waals surface area contributed by atoms with Gasteiger partial charge in [0.25, 0.3) is 0 Å². The maximum Gasteiger partial charge on any atom is 0.239 e. The van der Waals surface area contributed by atoms with E-state index in [9.17, 15) is 9.18 Å². The molecule has 0 unspecified atom stereocenters. The number of hydrogen-bond donors (Lipinski definition) is 1. The van der Waals surface area contributed by atoms with Crippen LogP contribution in [-0.4, -0.2) is 43.0 Å². The third kappa shape index (κ3) is 3.73. The summed E-state index contributed by atoms with van der Waals surface area (Å²) in [6.45, 7) is 6.90. The number of carbonyl (C=O) groups excluding carboxylic acids is 1. The van der Waals surface area contributed by atoms with E-state index < -0.39 is 6.04 Å². The van der Waals surface area contributed by atoms with Gasteiger partial charge < -0.3 is 15.5 Å². The highest BCUT2D eigenvalue weighted by Crippen LogP contribution is 2.18. The topological polar surface area (TPSA) is 49.6 Å². The van der Waals surface area contributed by atoms with Gasteiger partial charge in [0.05, 0.1) is 6.04 Å². The quantitative estimate of drug-likeness (QED) is 0.921. The summed E-state index contributed by atoms with van der Waals surface area (Å²) in [5.41, 5.74) is 7.01. The molecule has 1 aromatic rings. The first-order valence-corrected chi connectivity index (χ1v) is 7.57. The van der Waals surface area contributed by atoms with Gasteiger partial charge >= 0.3 is 0 Å². The zero-order valence-electron chi connectivity index (χ0n) is 12.8. The van der Waals surface area contributed by atoms with Crippen molar-refractivity contribution >= 4 is 11.6 Å². The van der Waals surface area contributed by atoms with Gasteiger partial charge in [-0.3, -0.25) is 4.79 Å². The number of amides is 1. The second-order valence-electron chi connectivity index (χ2n) is 5.70. The van der Waals surface area contributed by atoms with Gasteiger partial charge in [-0.05, 0) is 30.2 Å². The normalized spacial score (nSPS) is 18.5. The lowest BCUT2D eigenvalue weighted by Gasteiger charge is -2.37. The molecular formula is C16H24FN3O. The minimum Gasteiger partial charge on any atom is -0.368 e. The van der Waals surface area contributed by atoms with Crippen LogP contribution in [0, 0.1) is 11.7 Å². The van der Waals surface area contributed by atoms with Crippen molar-refractivity contribution in [1.29, 1.82) is 0 Å². The molecule has 0 bridgehead atoms. The Hall–Kier alpha value is -1.62. The minimum atomic E-state index is -0.410. The van der Waals surface area contributed by atoms with Crippen molar-refractivity contribution in [3.8, 4) is 0 Å². The lowest BCUT2D eigenvalue weighted by atomic mass is 9.98. The Kier molecular flexibility index (Phi) is 5.17. The van der Waals surface area contributed by atoms with E-state index in [-0.39, 0.29) is 17.6 Å². The van der Waals surface area contributed by atoms with Crippen LogP contribution in [0.15, 0.2) is 24.3 Å². The first kappa shape index (κ1) is 15.8. The van der Waals surface area contributed by atoms with Crippen LogP contribution in [0.4, 0.5) is 10.1 Å². The van der Waals surface area contributed by atoms with E-state index in [4.69, 9.17) is 5.73 Å². The number of hydrogen-bond acceptors (Lipinski definition) is 3. The summed E-state index contributed by atoms with van der Waals surface area (Å²) >= 11 is 0. The van der Waals surface area contributed by atoms with Crippen molar-refractivity contribution in [1.82, 2.24) is 4.90 Å². The number of benzene rings is 1. The fourth-order valence-corrected chi connectivity index (χ4v) is 2.55. The maximum absolute atomic E-state index is 12.9. The number of anilines is 1. The van der Waals surface area contributed by atoms with Crippen molar-refractivity contribution in [3.05, 3.63) is 30.1 Å². The SMILES string of the molecule is CC[C@H](C)[C@H](N)C(=O)N1CCN(c2ccc(F)cc2)CC1. The second kappa shape index (κ2) is 6.89. The van der Waals surface area contributed by atoms with Crippen LogP contribution in [0.25, 0.3) is 0 Å². The molecule has 21 heavy (non-hydrogen) atoms. The fourth-order valence-electron chi connectivity index (χ4n) is 2.55. The van der Waals surface area contributed by atoms with Crippen molar-refractivity contribution in [3.63, 3.8) is 0 Å². The first-order chi connectivity index (χ1) is 10.0. The van der Waals surface area contributed by atoms with Crippen LogP contribution in [-0.2, 0) is 4.79 Å². The summed E-state index contributed by atoms with van der Waals surface area (Å²) in [7, 11) is 0. The molecule has 0 spiro atoms. The average Bonchev–Trinajstić information content (AvgIpc) is 2.53. The van der Waals surface area contributed by atoms with E-state index in [1.165, 1.54) is 12.1 Å². The van der Waals surface area contributed by atoms with E-state index in [1.807, 2.05) is 18.7 Å². The summed E-state index contributed by atoms with van der Waals surface area (Å²) in [5, 5.41) is 0. The molecule has 2 rings (SSSR count). The zero-order valence-corrected chi connectivity index (χ0v) is 12.8. The fraction of sp³-hybridized carbons (Fsp3) is 0.562. The van der Waals surface area contributed by atoms with Crippen molar-refractivity contribution in [2.45, 2.75) is 26.3 Å². The van der Waals surface area contributed by atoms with Crippen LogP contribution in [0.5, 0.6) is 0 Å². The Morgan fingerprint density at radius 3 is 2.33 bits per heavy atom. The van der Waals surface area contributed by atoms with Gasteiger partial charge in [0.15, 0.2) is 0 Å². The van der Waals surface area contributed by atoms with Crippen molar-refractivity contribution < 1.29 is 9.18 Å². The smallest absolute Gasteiger partial charge is 0.239 e. The van der Waals surface area contributed by atoms with E-state index in [0.29, 0.717) is 13.1 Å². The summed E-state index contributed by atoms with van der Waals surface area (Å²) in [5.74, 6) is 0.0165. The monoisotopic (exact) mass is 293 g/mol. The molecule has 1 saturated heterocycles. The molecule has 0 saturated carbocycles. The molecule has 2 N–H and O–H groups in total. The maximum atomic E-state index is 12.9. The van der Waals surface area contributed by atoms with Gasteiger partial charge in [0.1, 0.15) is 5.82 Å². The third-order valence-corrected chi connectivity index (χ3v) is 4.33. The Balaban J connectivity index is 1.91. The molecule has 2 atom stereocenters. The number of nitrogens with zero attached hydrogens (tertiary/aromatic N) is 2. The van der Waals surface area contributed by atoms with Crippen LogP contribution in [0.1, 0.15) is 20.3 Å². The van der Waals surface area contributed by atoms with Gasteiger partial charge in [-0.25, -0.2) is 4.39 Å². The number of rotatable bonds is 4. The average molecular weight is 293 g/mol. The largest absolute Gasteiger partial charge is 0.368 e. The highest BCUT2D eigenvalue weighted by Gasteiger charge is 2.27. The third-order valence-electron chi connectivity index (χ3n) is 4.33. The van der Waals surface area contributed by atoms with Gasteiger partial charge in [0.2, 0.25) is 5.91 Å². The zero-order chi connectivity index (χ0) is 15.4. The summed E-state index contributed by atoms with van der Waals surface area (Å²) in [6.07, 6.45) is 0.905. The van der Waals surface area contributed by atoms with Gasteiger partial charge in [-0.2, -0.15) is 0 Å². The Bertz CT molecular complexity index is 469. The molecule has 0 aromatic heterocycles. The Morgan fingerprint density at radius 1 is 1.24 bits per heavy atom. The molecule has 1 amide bonds. The lowest BCUT2D eigenvalue weighted by Crippen LogP contribution is -2.54. The van der Waals surface area contributed by atoms with E-state index in [2.05, 4.69) is 4.90 Å². The second-order valence-corrected chi connectivity index (χ2v) is 5.70. The molecule has 0 radical (unpaired) electrons. The van der Waals surface area contributed by atoms with Crippen LogP contribution in [0.2, 0.25) is 0 Å². The summed E-state index contributed by atoms with van der Waals surface area (Å²) in [4.78, 5) is 16.3. The Morgan fingerprint density at radius 2 is 1.81 bits per heavy atom. The first-order valence-electron chi connectivity index (χ1n) is 7.57. The van der Waals surface area contributed by atoms with Crippen LogP contribution in [0.3, 0.4) is 0 Å². The predicted octanol–water partition coefficient (Wildman–Crippen LogP) is 1.85. The molecular weight excluding hydrogens is 269 g/mol.